The van der Waals surface area contributed by atoms with Crippen LogP contribution in [0.5, 0.6) is 0 Å². The molecule has 1 fully saturated rings. The van der Waals surface area contributed by atoms with E-state index in [0.29, 0.717) is 22.6 Å². The molecule has 3 aromatic rings. The fraction of sp³-hybridized carbons (Fsp3) is 0.318. The standard InChI is InChI=1S/C22H23N3O3S/c1-15(20(26)23-14-17-10-7-13-28-17)29-22-24-19-12-6-5-11-18(19)21(27)25(22)16-8-3-2-4-9-16/h2-6,8-9,11-12,15,17H,7,10,13-14H2,1H3,(H,23,26). The second-order valence-corrected chi connectivity index (χ2v) is 8.34. The van der Waals surface area contributed by atoms with Gasteiger partial charge in [-0.25, -0.2) is 4.98 Å². The summed E-state index contributed by atoms with van der Waals surface area (Å²) in [5.41, 5.74) is 1.21. The van der Waals surface area contributed by atoms with E-state index in [2.05, 4.69) is 5.32 Å². The number of aromatic nitrogens is 2. The molecule has 1 aromatic heterocycles. The first-order valence-corrected chi connectivity index (χ1v) is 10.6. The minimum atomic E-state index is -0.403. The van der Waals surface area contributed by atoms with Crippen molar-refractivity contribution in [3.63, 3.8) is 0 Å². The second-order valence-electron chi connectivity index (χ2n) is 7.03. The van der Waals surface area contributed by atoms with E-state index in [1.165, 1.54) is 11.8 Å². The van der Waals surface area contributed by atoms with Gasteiger partial charge in [-0.3, -0.25) is 14.2 Å². The quantitative estimate of drug-likeness (QED) is 0.500. The van der Waals surface area contributed by atoms with Crippen LogP contribution < -0.4 is 10.9 Å². The van der Waals surface area contributed by atoms with Crippen LogP contribution in [0.25, 0.3) is 16.6 Å². The highest BCUT2D eigenvalue weighted by atomic mass is 32.2. The molecule has 4 rings (SSSR count). The van der Waals surface area contributed by atoms with Gasteiger partial charge in [0, 0.05) is 13.2 Å². The molecule has 1 saturated heterocycles. The van der Waals surface area contributed by atoms with Crippen LogP contribution in [0.1, 0.15) is 19.8 Å². The molecule has 2 unspecified atom stereocenters. The molecule has 0 radical (unpaired) electrons. The van der Waals surface area contributed by atoms with Crippen LogP contribution in [0.4, 0.5) is 0 Å². The van der Waals surface area contributed by atoms with Gasteiger partial charge in [-0.1, -0.05) is 42.1 Å². The van der Waals surface area contributed by atoms with E-state index in [-0.39, 0.29) is 17.6 Å². The van der Waals surface area contributed by atoms with Crippen molar-refractivity contribution < 1.29 is 9.53 Å². The molecular formula is C22H23N3O3S. The molecule has 2 aromatic carbocycles. The van der Waals surface area contributed by atoms with Gasteiger partial charge in [0.15, 0.2) is 5.16 Å². The molecule has 0 aliphatic carbocycles. The zero-order valence-electron chi connectivity index (χ0n) is 16.2. The molecule has 1 aliphatic rings. The minimum Gasteiger partial charge on any atom is -0.376 e. The smallest absolute Gasteiger partial charge is 0.266 e. The van der Waals surface area contributed by atoms with Gasteiger partial charge >= 0.3 is 0 Å². The van der Waals surface area contributed by atoms with Crippen LogP contribution in [-0.4, -0.2) is 40.0 Å². The third-order valence-electron chi connectivity index (χ3n) is 4.94. The van der Waals surface area contributed by atoms with Gasteiger partial charge in [-0.15, -0.1) is 0 Å². The van der Waals surface area contributed by atoms with Gasteiger partial charge < -0.3 is 10.1 Å². The number of fused-ring (bicyclic) bond motifs is 1. The minimum absolute atomic E-state index is 0.0903. The normalized spacial score (nSPS) is 17.3. The first-order valence-electron chi connectivity index (χ1n) is 9.76. The molecule has 1 aliphatic heterocycles. The number of nitrogens with zero attached hydrogens (tertiary/aromatic N) is 2. The van der Waals surface area contributed by atoms with Crippen LogP contribution in [0.2, 0.25) is 0 Å². The Balaban J connectivity index is 1.63. The second kappa shape index (κ2) is 8.80. The van der Waals surface area contributed by atoms with Crippen LogP contribution in [0.15, 0.2) is 64.5 Å². The number of amides is 1. The summed E-state index contributed by atoms with van der Waals surface area (Å²) in [5.74, 6) is -0.0903. The monoisotopic (exact) mass is 409 g/mol. The maximum absolute atomic E-state index is 13.2. The Bertz CT molecular complexity index is 1060. The fourth-order valence-electron chi connectivity index (χ4n) is 3.37. The molecule has 1 amide bonds. The number of ether oxygens (including phenoxy) is 1. The third-order valence-corrected chi connectivity index (χ3v) is 5.99. The number of nitrogens with one attached hydrogen (secondary N) is 1. The Kier molecular flexibility index (Phi) is 5.97. The van der Waals surface area contributed by atoms with Gasteiger partial charge in [0.25, 0.3) is 5.56 Å². The Labute approximate surface area is 173 Å². The molecule has 0 spiro atoms. The largest absolute Gasteiger partial charge is 0.376 e. The number of hydrogen-bond donors (Lipinski definition) is 1. The summed E-state index contributed by atoms with van der Waals surface area (Å²) < 4.78 is 7.14. The van der Waals surface area contributed by atoms with E-state index < -0.39 is 5.25 Å². The Morgan fingerprint density at radius 3 is 2.76 bits per heavy atom. The Hall–Kier alpha value is -2.64. The number of carbonyl (C=O) groups is 1. The summed E-state index contributed by atoms with van der Waals surface area (Å²) >= 11 is 1.28. The highest BCUT2D eigenvalue weighted by Crippen LogP contribution is 2.25. The van der Waals surface area contributed by atoms with Crippen molar-refractivity contribution in [1.82, 2.24) is 14.9 Å². The van der Waals surface area contributed by atoms with Crippen molar-refractivity contribution in [2.45, 2.75) is 36.3 Å². The fourth-order valence-corrected chi connectivity index (χ4v) is 4.32. The first kappa shape index (κ1) is 19.7. The highest BCUT2D eigenvalue weighted by molar-refractivity contribution is 8.00. The number of carbonyl (C=O) groups excluding carboxylic acids is 1. The lowest BCUT2D eigenvalue weighted by Gasteiger charge is -2.17. The summed E-state index contributed by atoms with van der Waals surface area (Å²) in [6, 6.07) is 16.7. The van der Waals surface area contributed by atoms with Crippen molar-refractivity contribution in [3.05, 3.63) is 65.0 Å². The maximum Gasteiger partial charge on any atom is 0.266 e. The third kappa shape index (κ3) is 4.36. The van der Waals surface area contributed by atoms with Crippen molar-refractivity contribution in [2.24, 2.45) is 0 Å². The van der Waals surface area contributed by atoms with E-state index in [9.17, 15) is 9.59 Å². The zero-order valence-corrected chi connectivity index (χ0v) is 17.0. The molecule has 29 heavy (non-hydrogen) atoms. The van der Waals surface area contributed by atoms with Crippen LogP contribution in [-0.2, 0) is 9.53 Å². The summed E-state index contributed by atoms with van der Waals surface area (Å²) in [7, 11) is 0. The lowest BCUT2D eigenvalue weighted by molar-refractivity contribution is -0.120. The van der Waals surface area contributed by atoms with E-state index in [1.807, 2.05) is 55.5 Å². The van der Waals surface area contributed by atoms with E-state index in [0.717, 1.165) is 25.1 Å². The van der Waals surface area contributed by atoms with Crippen LogP contribution in [0.3, 0.4) is 0 Å². The van der Waals surface area contributed by atoms with Gasteiger partial charge in [0.05, 0.1) is 27.9 Å². The number of hydrogen-bond acceptors (Lipinski definition) is 5. The van der Waals surface area contributed by atoms with Crippen LogP contribution >= 0.6 is 11.8 Å². The molecule has 2 atom stereocenters. The van der Waals surface area contributed by atoms with Gasteiger partial charge in [-0.2, -0.15) is 0 Å². The zero-order chi connectivity index (χ0) is 20.2. The summed E-state index contributed by atoms with van der Waals surface area (Å²) in [6.07, 6.45) is 2.11. The predicted octanol–water partition coefficient (Wildman–Crippen LogP) is 3.16. The molecule has 2 heterocycles. The molecule has 0 saturated carbocycles. The van der Waals surface area contributed by atoms with Gasteiger partial charge in [0.1, 0.15) is 0 Å². The molecule has 6 nitrogen and oxygen atoms in total. The topological polar surface area (TPSA) is 73.2 Å². The number of thioether (sulfide) groups is 1. The number of rotatable bonds is 6. The summed E-state index contributed by atoms with van der Waals surface area (Å²) in [5, 5.41) is 3.60. The van der Waals surface area contributed by atoms with Crippen LogP contribution in [0, 0.1) is 0 Å². The van der Waals surface area contributed by atoms with E-state index >= 15 is 0 Å². The van der Waals surface area contributed by atoms with Crippen molar-refractivity contribution in [2.75, 3.05) is 13.2 Å². The molecule has 150 valence electrons. The molecular weight excluding hydrogens is 386 g/mol. The van der Waals surface area contributed by atoms with E-state index in [1.54, 1.807) is 10.6 Å². The Morgan fingerprint density at radius 1 is 1.24 bits per heavy atom. The Morgan fingerprint density at radius 2 is 2.00 bits per heavy atom. The number of benzene rings is 2. The summed E-state index contributed by atoms with van der Waals surface area (Å²) in [6.45, 7) is 3.10. The van der Waals surface area contributed by atoms with E-state index in [4.69, 9.17) is 9.72 Å². The van der Waals surface area contributed by atoms with Gasteiger partial charge in [-0.05, 0) is 44.0 Å². The SMILES string of the molecule is CC(Sc1nc2ccccc2c(=O)n1-c1ccccc1)C(=O)NCC1CCCO1. The lowest BCUT2D eigenvalue weighted by Crippen LogP contribution is -2.36. The van der Waals surface area contributed by atoms with Crippen molar-refractivity contribution in [1.29, 1.82) is 0 Å². The van der Waals surface area contributed by atoms with Gasteiger partial charge in [0.2, 0.25) is 5.91 Å². The average molecular weight is 410 g/mol. The molecule has 7 heteroatoms. The average Bonchev–Trinajstić information content (AvgIpc) is 3.26. The number of para-hydroxylation sites is 2. The lowest BCUT2D eigenvalue weighted by atomic mass is 10.2. The maximum atomic E-state index is 13.2. The summed E-state index contributed by atoms with van der Waals surface area (Å²) in [4.78, 5) is 30.5. The predicted molar refractivity (Wildman–Crippen MR) is 115 cm³/mol. The molecule has 0 bridgehead atoms. The first-order chi connectivity index (χ1) is 14.1. The van der Waals surface area contributed by atoms with Crippen molar-refractivity contribution in [3.8, 4) is 5.69 Å². The highest BCUT2D eigenvalue weighted by Gasteiger charge is 2.22. The molecule has 1 N–H and O–H groups in total. The van der Waals surface area contributed by atoms with Crippen molar-refractivity contribution >= 4 is 28.6 Å².